The minimum atomic E-state index is 0.500. The summed E-state index contributed by atoms with van der Waals surface area (Å²) in [5.74, 6) is 0.500. The van der Waals surface area contributed by atoms with Gasteiger partial charge in [0.25, 0.3) is 0 Å². The van der Waals surface area contributed by atoms with Crippen molar-refractivity contribution in [2.45, 2.75) is 44.6 Å². The van der Waals surface area contributed by atoms with Gasteiger partial charge in [-0.05, 0) is 43.4 Å². The van der Waals surface area contributed by atoms with E-state index >= 15 is 0 Å². The molecule has 3 aromatic rings. The highest BCUT2D eigenvalue weighted by Crippen LogP contribution is 2.28. The van der Waals surface area contributed by atoms with E-state index in [1.165, 1.54) is 47.0 Å². The van der Waals surface area contributed by atoms with Crippen molar-refractivity contribution < 1.29 is 0 Å². The second-order valence-electron chi connectivity index (χ2n) is 7.40. The summed E-state index contributed by atoms with van der Waals surface area (Å²) < 4.78 is 0. The lowest BCUT2D eigenvalue weighted by Crippen LogP contribution is -2.37. The van der Waals surface area contributed by atoms with Gasteiger partial charge in [-0.1, -0.05) is 67.1 Å². The maximum absolute atomic E-state index is 3.71. The number of unbranched alkanes of at least 4 members (excludes halogenated alkanes) is 1. The van der Waals surface area contributed by atoms with E-state index in [0.29, 0.717) is 12.0 Å². The van der Waals surface area contributed by atoms with Gasteiger partial charge in [0.15, 0.2) is 0 Å². The number of para-hydroxylation sites is 1. The Labute approximate surface area is 156 Å². The van der Waals surface area contributed by atoms with Gasteiger partial charge in [0.2, 0.25) is 0 Å². The number of H-pyrrole nitrogens is 1. The Hall–Kier alpha value is -2.32. The minimum Gasteiger partial charge on any atom is -0.358 e. The molecule has 0 saturated carbocycles. The van der Waals surface area contributed by atoms with Crippen LogP contribution in [-0.4, -0.2) is 17.6 Å². The number of aryl methyl sites for hydroxylation is 2. The average Bonchev–Trinajstić information content (AvgIpc) is 3.01. The van der Waals surface area contributed by atoms with Gasteiger partial charge in [-0.2, -0.15) is 0 Å². The second-order valence-corrected chi connectivity index (χ2v) is 7.40. The molecule has 0 amide bonds. The molecule has 0 aliphatic carbocycles. The van der Waals surface area contributed by atoms with E-state index in [0.717, 1.165) is 13.0 Å². The molecule has 2 unspecified atom stereocenters. The van der Waals surface area contributed by atoms with Crippen LogP contribution in [0.15, 0.2) is 66.7 Å². The van der Waals surface area contributed by atoms with E-state index in [1.54, 1.807) is 0 Å². The van der Waals surface area contributed by atoms with Crippen LogP contribution in [0, 0.1) is 6.92 Å². The zero-order valence-corrected chi connectivity index (χ0v) is 15.5. The molecule has 1 aliphatic heterocycles. The first-order chi connectivity index (χ1) is 12.8. The SMILES string of the molecule is Cc1[nH]c2ccccc2c1CCCCC1NCC=CC1c1ccccc1. The fourth-order valence-corrected chi connectivity index (χ4v) is 4.32. The van der Waals surface area contributed by atoms with E-state index in [4.69, 9.17) is 0 Å². The first kappa shape index (κ1) is 17.1. The number of hydrogen-bond acceptors (Lipinski definition) is 1. The summed E-state index contributed by atoms with van der Waals surface area (Å²) in [5.41, 5.74) is 5.51. The van der Waals surface area contributed by atoms with E-state index in [1.807, 2.05) is 0 Å². The lowest BCUT2D eigenvalue weighted by atomic mass is 9.86. The highest BCUT2D eigenvalue weighted by atomic mass is 14.9. The van der Waals surface area contributed by atoms with Crippen molar-refractivity contribution in [3.05, 3.63) is 83.6 Å². The number of aromatic amines is 1. The molecule has 4 rings (SSSR count). The first-order valence-corrected chi connectivity index (χ1v) is 9.84. The number of nitrogens with one attached hydrogen (secondary N) is 2. The van der Waals surface area contributed by atoms with Crippen LogP contribution in [0.1, 0.15) is 42.0 Å². The van der Waals surface area contributed by atoms with Crippen LogP contribution in [0.5, 0.6) is 0 Å². The zero-order chi connectivity index (χ0) is 17.8. The quantitative estimate of drug-likeness (QED) is 0.448. The molecule has 2 nitrogen and oxygen atoms in total. The average molecular weight is 345 g/mol. The third-order valence-electron chi connectivity index (χ3n) is 5.68. The summed E-state index contributed by atoms with van der Waals surface area (Å²) in [7, 11) is 0. The van der Waals surface area contributed by atoms with Crippen molar-refractivity contribution in [3.63, 3.8) is 0 Å². The lowest BCUT2D eigenvalue weighted by molar-refractivity contribution is 0.432. The molecule has 134 valence electrons. The van der Waals surface area contributed by atoms with Gasteiger partial charge in [-0.15, -0.1) is 0 Å². The van der Waals surface area contributed by atoms with Gasteiger partial charge in [0.1, 0.15) is 0 Å². The summed E-state index contributed by atoms with van der Waals surface area (Å²) in [5, 5.41) is 5.10. The van der Waals surface area contributed by atoms with E-state index in [2.05, 4.69) is 84.0 Å². The van der Waals surface area contributed by atoms with Crippen LogP contribution in [0.2, 0.25) is 0 Å². The summed E-state index contributed by atoms with van der Waals surface area (Å²) in [6.07, 6.45) is 9.55. The summed E-state index contributed by atoms with van der Waals surface area (Å²) in [6, 6.07) is 20.1. The monoisotopic (exact) mass is 344 g/mol. The van der Waals surface area contributed by atoms with Gasteiger partial charge in [-0.3, -0.25) is 0 Å². The molecule has 1 aromatic heterocycles. The van der Waals surface area contributed by atoms with Gasteiger partial charge in [-0.25, -0.2) is 0 Å². The fraction of sp³-hybridized carbons (Fsp3) is 0.333. The molecule has 2 heterocycles. The number of rotatable bonds is 6. The minimum absolute atomic E-state index is 0.500. The molecule has 26 heavy (non-hydrogen) atoms. The highest BCUT2D eigenvalue weighted by molar-refractivity contribution is 5.84. The summed E-state index contributed by atoms with van der Waals surface area (Å²) in [6.45, 7) is 3.20. The van der Waals surface area contributed by atoms with Crippen molar-refractivity contribution >= 4 is 10.9 Å². The van der Waals surface area contributed by atoms with E-state index in [9.17, 15) is 0 Å². The van der Waals surface area contributed by atoms with Crippen molar-refractivity contribution in [3.8, 4) is 0 Å². The molecule has 0 fully saturated rings. The third-order valence-corrected chi connectivity index (χ3v) is 5.68. The standard InChI is InChI=1S/C24H28N2/c1-18-20(22-13-6-8-16-24(22)26-18)12-5-7-15-23-21(14-9-17-25-23)19-10-3-2-4-11-19/h2-4,6,8-11,13-14,16,21,23,25-26H,5,7,12,15,17H2,1H3. The predicted octanol–water partition coefficient (Wildman–Crippen LogP) is 5.50. The Kier molecular flexibility index (Phi) is 5.21. The topological polar surface area (TPSA) is 27.8 Å². The smallest absolute Gasteiger partial charge is 0.0458 e. The molecule has 2 aromatic carbocycles. The van der Waals surface area contributed by atoms with Crippen LogP contribution in [0.4, 0.5) is 0 Å². The molecule has 2 heteroatoms. The van der Waals surface area contributed by atoms with Gasteiger partial charge < -0.3 is 10.3 Å². The highest BCUT2D eigenvalue weighted by Gasteiger charge is 2.22. The van der Waals surface area contributed by atoms with Gasteiger partial charge in [0.05, 0.1) is 0 Å². The third kappa shape index (κ3) is 3.61. The molecule has 0 radical (unpaired) electrons. The number of fused-ring (bicyclic) bond motifs is 1. The Morgan fingerprint density at radius 3 is 2.65 bits per heavy atom. The van der Waals surface area contributed by atoms with Crippen molar-refractivity contribution in [2.24, 2.45) is 0 Å². The molecular formula is C24H28N2. The fourth-order valence-electron chi connectivity index (χ4n) is 4.32. The summed E-state index contributed by atoms with van der Waals surface area (Å²) in [4.78, 5) is 3.52. The van der Waals surface area contributed by atoms with Crippen LogP contribution < -0.4 is 5.32 Å². The first-order valence-electron chi connectivity index (χ1n) is 9.84. The molecule has 0 bridgehead atoms. The van der Waals surface area contributed by atoms with Crippen molar-refractivity contribution in [2.75, 3.05) is 6.54 Å². The summed E-state index contributed by atoms with van der Waals surface area (Å²) >= 11 is 0. The van der Waals surface area contributed by atoms with Gasteiger partial charge in [0, 0.05) is 35.1 Å². The van der Waals surface area contributed by atoms with E-state index in [-0.39, 0.29) is 0 Å². The van der Waals surface area contributed by atoms with Crippen molar-refractivity contribution in [1.29, 1.82) is 0 Å². The molecule has 2 atom stereocenters. The molecule has 0 spiro atoms. The molecule has 0 saturated heterocycles. The lowest BCUT2D eigenvalue weighted by Gasteiger charge is -2.29. The number of aromatic nitrogens is 1. The van der Waals surface area contributed by atoms with Crippen LogP contribution in [-0.2, 0) is 6.42 Å². The van der Waals surface area contributed by atoms with Crippen LogP contribution in [0.25, 0.3) is 10.9 Å². The Morgan fingerprint density at radius 1 is 0.962 bits per heavy atom. The second kappa shape index (κ2) is 7.92. The van der Waals surface area contributed by atoms with Crippen LogP contribution in [0.3, 0.4) is 0 Å². The Bertz CT molecular complexity index is 876. The molecule has 1 aliphatic rings. The van der Waals surface area contributed by atoms with Gasteiger partial charge >= 0.3 is 0 Å². The number of benzene rings is 2. The Balaban J connectivity index is 1.36. The normalized spacial score (nSPS) is 19.9. The van der Waals surface area contributed by atoms with Crippen LogP contribution >= 0.6 is 0 Å². The maximum atomic E-state index is 3.71. The van der Waals surface area contributed by atoms with E-state index < -0.39 is 0 Å². The molecular weight excluding hydrogens is 316 g/mol. The predicted molar refractivity (Wildman–Crippen MR) is 111 cm³/mol. The maximum Gasteiger partial charge on any atom is 0.0458 e. The number of hydrogen-bond donors (Lipinski definition) is 2. The van der Waals surface area contributed by atoms with Crippen molar-refractivity contribution in [1.82, 2.24) is 10.3 Å². The largest absolute Gasteiger partial charge is 0.358 e. The Morgan fingerprint density at radius 2 is 1.77 bits per heavy atom. The zero-order valence-electron chi connectivity index (χ0n) is 15.5. The molecule has 2 N–H and O–H groups in total.